The van der Waals surface area contributed by atoms with E-state index in [-0.39, 0.29) is 31.6 Å². The predicted octanol–water partition coefficient (Wildman–Crippen LogP) is 23.9. The fourth-order valence-electron chi connectivity index (χ4n) is 9.30. The van der Waals surface area contributed by atoms with Gasteiger partial charge in [-0.3, -0.25) is 14.4 Å². The standard InChI is InChI=1S/C77H126O6/c1-4-7-10-13-16-19-22-25-28-31-34-35-36-37-38-39-40-41-44-46-49-52-55-58-61-64-67-70-76(79)82-73-74(83-77(80)71-68-65-62-59-56-53-50-47-43-33-30-27-24-21-18-15-12-9-6-3)72-81-75(78)69-66-63-60-57-54-51-48-45-42-32-29-26-23-20-17-14-11-8-5-2/h7,9-10,12,16,18-19,21,25,27-28,30,34-35,37-38,40-41,43,47,53,56,62,65,74H,4-6,8,11,13-15,17,20,22-24,26,29,31-33,36,39,42,44-46,48-52,54-55,57-61,63-64,66-73H2,1-3H3/b10-7-,12-9-,19-16-,21-18-,28-25-,30-27-,35-34-,38-37-,41-40-,47-43-,56-53-,65-62-. The van der Waals surface area contributed by atoms with E-state index >= 15 is 0 Å². The third-order valence-corrected chi connectivity index (χ3v) is 14.4. The van der Waals surface area contributed by atoms with Gasteiger partial charge in [0.25, 0.3) is 0 Å². The molecular formula is C77H126O6. The molecule has 0 amide bonds. The topological polar surface area (TPSA) is 78.9 Å². The number of carbonyl (C=O) groups excluding carboxylic acids is 3. The molecule has 1 unspecified atom stereocenters. The summed E-state index contributed by atoms with van der Waals surface area (Å²) < 4.78 is 16.9. The zero-order valence-electron chi connectivity index (χ0n) is 53.9. The van der Waals surface area contributed by atoms with E-state index in [4.69, 9.17) is 14.2 Å². The van der Waals surface area contributed by atoms with Gasteiger partial charge >= 0.3 is 17.9 Å². The highest BCUT2D eigenvalue weighted by Crippen LogP contribution is 2.16. The maximum atomic E-state index is 12.9. The van der Waals surface area contributed by atoms with Crippen LogP contribution in [-0.2, 0) is 28.6 Å². The van der Waals surface area contributed by atoms with Gasteiger partial charge in [-0.1, -0.05) is 321 Å². The van der Waals surface area contributed by atoms with E-state index in [1.807, 2.05) is 6.08 Å². The molecule has 0 heterocycles. The van der Waals surface area contributed by atoms with Gasteiger partial charge in [-0.2, -0.15) is 0 Å². The van der Waals surface area contributed by atoms with Crippen LogP contribution in [0, 0.1) is 0 Å². The molecule has 1 atom stereocenters. The molecule has 6 heteroatoms. The minimum absolute atomic E-state index is 0.113. The lowest BCUT2D eigenvalue weighted by atomic mass is 10.0. The van der Waals surface area contributed by atoms with Crippen molar-refractivity contribution in [3.05, 3.63) is 146 Å². The van der Waals surface area contributed by atoms with Gasteiger partial charge in [0.1, 0.15) is 13.2 Å². The molecule has 6 nitrogen and oxygen atoms in total. The first-order valence-electron chi connectivity index (χ1n) is 34.3. The van der Waals surface area contributed by atoms with Crippen LogP contribution in [0.1, 0.15) is 303 Å². The highest BCUT2D eigenvalue weighted by Gasteiger charge is 2.19. The molecule has 470 valence electrons. The Hall–Kier alpha value is -4.71. The van der Waals surface area contributed by atoms with Gasteiger partial charge in [0.05, 0.1) is 0 Å². The first-order chi connectivity index (χ1) is 41.0. The quantitative estimate of drug-likeness (QED) is 0.0261. The van der Waals surface area contributed by atoms with Crippen LogP contribution in [-0.4, -0.2) is 37.2 Å². The Morgan fingerprint density at radius 3 is 0.783 bits per heavy atom. The van der Waals surface area contributed by atoms with E-state index in [2.05, 4.69) is 161 Å². The van der Waals surface area contributed by atoms with Crippen molar-refractivity contribution in [1.82, 2.24) is 0 Å². The molecule has 0 aliphatic heterocycles. The molecular weight excluding hydrogens is 1020 g/mol. The van der Waals surface area contributed by atoms with E-state index in [0.717, 1.165) is 122 Å². The summed E-state index contributed by atoms with van der Waals surface area (Å²) >= 11 is 0. The van der Waals surface area contributed by atoms with Crippen molar-refractivity contribution in [3.63, 3.8) is 0 Å². The van der Waals surface area contributed by atoms with Crippen molar-refractivity contribution in [2.75, 3.05) is 13.2 Å². The van der Waals surface area contributed by atoms with Crippen LogP contribution in [0.3, 0.4) is 0 Å². The highest BCUT2D eigenvalue weighted by molar-refractivity contribution is 5.71. The molecule has 83 heavy (non-hydrogen) atoms. The van der Waals surface area contributed by atoms with Crippen LogP contribution < -0.4 is 0 Å². The van der Waals surface area contributed by atoms with Crippen LogP contribution in [0.5, 0.6) is 0 Å². The number of ether oxygens (including phenoxy) is 3. The minimum Gasteiger partial charge on any atom is -0.462 e. The Labute approximate surface area is 512 Å². The summed E-state index contributed by atoms with van der Waals surface area (Å²) in [5, 5.41) is 0. The van der Waals surface area contributed by atoms with Crippen molar-refractivity contribution in [2.24, 2.45) is 0 Å². The summed E-state index contributed by atoms with van der Waals surface area (Å²) in [5.74, 6) is -1.000. The monoisotopic (exact) mass is 1150 g/mol. The lowest BCUT2D eigenvalue weighted by Gasteiger charge is -2.18. The summed E-state index contributed by atoms with van der Waals surface area (Å²) in [6.07, 6.45) is 100. The fourth-order valence-corrected chi connectivity index (χ4v) is 9.30. The van der Waals surface area contributed by atoms with Gasteiger partial charge in [0.15, 0.2) is 6.10 Å². The molecule has 0 rings (SSSR count). The second kappa shape index (κ2) is 69.8. The lowest BCUT2D eigenvalue weighted by Crippen LogP contribution is -2.30. The van der Waals surface area contributed by atoms with Gasteiger partial charge in [0, 0.05) is 19.3 Å². The third-order valence-electron chi connectivity index (χ3n) is 14.4. The number of allylic oxidation sites excluding steroid dienone is 24. The van der Waals surface area contributed by atoms with Crippen molar-refractivity contribution >= 4 is 17.9 Å². The molecule has 0 aliphatic carbocycles. The highest BCUT2D eigenvalue weighted by atomic mass is 16.6. The van der Waals surface area contributed by atoms with E-state index in [9.17, 15) is 14.4 Å². The third kappa shape index (κ3) is 68.0. The summed E-state index contributed by atoms with van der Waals surface area (Å²) in [5.41, 5.74) is 0. The Morgan fingerprint density at radius 2 is 0.494 bits per heavy atom. The zero-order chi connectivity index (χ0) is 59.9. The summed E-state index contributed by atoms with van der Waals surface area (Å²) in [6.45, 7) is 6.37. The Kier molecular flexibility index (Phi) is 65.8. The van der Waals surface area contributed by atoms with Crippen molar-refractivity contribution in [1.29, 1.82) is 0 Å². The lowest BCUT2D eigenvalue weighted by molar-refractivity contribution is -0.166. The van der Waals surface area contributed by atoms with Crippen LogP contribution in [0.4, 0.5) is 0 Å². The largest absolute Gasteiger partial charge is 0.462 e. The van der Waals surface area contributed by atoms with Crippen LogP contribution >= 0.6 is 0 Å². The number of hydrogen-bond acceptors (Lipinski definition) is 6. The minimum atomic E-state index is -0.829. The number of hydrogen-bond donors (Lipinski definition) is 0. The number of esters is 3. The van der Waals surface area contributed by atoms with Gasteiger partial charge in [-0.05, 0) is 109 Å². The normalized spacial score (nSPS) is 13.0. The molecule has 0 radical (unpaired) electrons. The molecule has 0 spiro atoms. The number of unbranched alkanes of at least 4 members (excludes halogenated alkanes) is 26. The van der Waals surface area contributed by atoms with Gasteiger partial charge in [-0.15, -0.1) is 0 Å². The average molecular weight is 1150 g/mol. The summed E-state index contributed by atoms with van der Waals surface area (Å²) in [6, 6.07) is 0. The smallest absolute Gasteiger partial charge is 0.306 e. The van der Waals surface area contributed by atoms with Crippen molar-refractivity contribution in [3.8, 4) is 0 Å². The molecule has 0 aromatic rings. The van der Waals surface area contributed by atoms with E-state index < -0.39 is 12.1 Å². The second-order valence-electron chi connectivity index (χ2n) is 22.3. The van der Waals surface area contributed by atoms with Gasteiger partial charge in [0.2, 0.25) is 0 Å². The van der Waals surface area contributed by atoms with Crippen LogP contribution in [0.25, 0.3) is 0 Å². The maximum absolute atomic E-state index is 12.9. The summed E-state index contributed by atoms with van der Waals surface area (Å²) in [7, 11) is 0. The Balaban J connectivity index is 4.47. The zero-order valence-corrected chi connectivity index (χ0v) is 53.9. The fraction of sp³-hybridized carbons (Fsp3) is 0.649. The predicted molar refractivity (Wildman–Crippen MR) is 362 cm³/mol. The number of carbonyl (C=O) groups is 3. The molecule has 0 fully saturated rings. The SMILES string of the molecule is CC/C=C\C/C=C\C/C=C\C/C=C\C/C=C\C/C=C\CCCCCCCCCCC(=O)OCC(COC(=O)CCCCCCCCCCCCCCCCCCCCC)OC(=O)CC/C=C\C/C=C\C/C=C\C/C=C\C/C=C\C/C=C\CC. The maximum Gasteiger partial charge on any atom is 0.306 e. The van der Waals surface area contributed by atoms with Gasteiger partial charge in [-0.25, -0.2) is 0 Å². The van der Waals surface area contributed by atoms with Crippen LogP contribution in [0.15, 0.2) is 146 Å². The Bertz CT molecular complexity index is 1800. The number of rotatable bonds is 61. The van der Waals surface area contributed by atoms with E-state index in [1.54, 1.807) is 0 Å². The van der Waals surface area contributed by atoms with E-state index in [1.165, 1.54) is 135 Å². The molecule has 0 bridgehead atoms. The molecule has 0 aliphatic rings. The first kappa shape index (κ1) is 78.3. The first-order valence-corrected chi connectivity index (χ1v) is 34.3. The summed E-state index contributed by atoms with van der Waals surface area (Å²) in [4.78, 5) is 38.4. The molecule has 0 saturated carbocycles. The molecule has 0 saturated heterocycles. The Morgan fingerprint density at radius 1 is 0.253 bits per heavy atom. The second-order valence-corrected chi connectivity index (χ2v) is 22.3. The molecule has 0 aromatic heterocycles. The van der Waals surface area contributed by atoms with Crippen molar-refractivity contribution < 1.29 is 28.6 Å². The van der Waals surface area contributed by atoms with E-state index in [0.29, 0.717) is 19.3 Å². The average Bonchev–Trinajstić information content (AvgIpc) is 3.50. The van der Waals surface area contributed by atoms with Gasteiger partial charge < -0.3 is 14.2 Å². The van der Waals surface area contributed by atoms with Crippen molar-refractivity contribution in [2.45, 2.75) is 309 Å². The molecule has 0 N–H and O–H groups in total. The van der Waals surface area contributed by atoms with Crippen LogP contribution in [0.2, 0.25) is 0 Å². The molecule has 0 aromatic carbocycles.